The maximum atomic E-state index is 12.4. The second-order valence-electron chi connectivity index (χ2n) is 6.66. The summed E-state index contributed by atoms with van der Waals surface area (Å²) in [5.41, 5.74) is 1.78. The van der Waals surface area contributed by atoms with Crippen molar-refractivity contribution in [2.45, 2.75) is 26.4 Å². The molecule has 0 saturated carbocycles. The summed E-state index contributed by atoms with van der Waals surface area (Å²) in [5, 5.41) is 12.1. The van der Waals surface area contributed by atoms with Gasteiger partial charge in [0, 0.05) is 17.4 Å². The summed E-state index contributed by atoms with van der Waals surface area (Å²) in [6, 6.07) is 15.0. The Kier molecular flexibility index (Phi) is 5.15. The van der Waals surface area contributed by atoms with Crippen LogP contribution in [0.15, 0.2) is 64.0 Å². The third-order valence-corrected chi connectivity index (χ3v) is 4.53. The maximum absolute atomic E-state index is 12.4. The second kappa shape index (κ2) is 8.05. The van der Waals surface area contributed by atoms with Crippen LogP contribution in [0.1, 0.15) is 17.9 Å². The zero-order valence-corrected chi connectivity index (χ0v) is 15.8. The highest BCUT2D eigenvalue weighted by Gasteiger charge is 2.11. The number of rotatable bonds is 6. The normalized spacial score (nSPS) is 10.9. The summed E-state index contributed by atoms with van der Waals surface area (Å²) in [4.78, 5) is 28.8. The minimum Gasteiger partial charge on any atom is -0.347 e. The number of nitrogens with zero attached hydrogens (tertiary/aromatic N) is 4. The van der Waals surface area contributed by atoms with E-state index in [1.54, 1.807) is 18.3 Å². The minimum atomic E-state index is -0.234. The summed E-state index contributed by atoms with van der Waals surface area (Å²) >= 11 is 0. The van der Waals surface area contributed by atoms with Gasteiger partial charge < -0.3 is 9.84 Å². The van der Waals surface area contributed by atoms with Gasteiger partial charge in [0.2, 0.25) is 17.6 Å². The van der Waals surface area contributed by atoms with E-state index in [-0.39, 0.29) is 31.0 Å². The lowest BCUT2D eigenvalue weighted by Gasteiger charge is -2.06. The molecule has 4 rings (SSSR count). The smallest absolute Gasteiger partial charge is 0.274 e. The first kappa shape index (κ1) is 18.5. The standard InChI is InChI=1S/C21H19N5O3/c1-14-6-8-15(9-7-14)20-24-19(29-25-20)13-22-18(27)10-11-26-21(28)17-5-3-2-4-16(17)12-23-26/h2-9,12H,10-11,13H2,1H3,(H,22,27). The highest BCUT2D eigenvalue weighted by molar-refractivity contribution is 5.80. The molecule has 2 aromatic heterocycles. The van der Waals surface area contributed by atoms with Gasteiger partial charge in [-0.25, -0.2) is 4.68 Å². The van der Waals surface area contributed by atoms with Crippen molar-refractivity contribution >= 4 is 16.7 Å². The van der Waals surface area contributed by atoms with Crippen LogP contribution in [0.5, 0.6) is 0 Å². The van der Waals surface area contributed by atoms with Crippen LogP contribution in [0.25, 0.3) is 22.2 Å². The Morgan fingerprint density at radius 2 is 1.93 bits per heavy atom. The van der Waals surface area contributed by atoms with E-state index >= 15 is 0 Å². The van der Waals surface area contributed by atoms with Crippen LogP contribution in [-0.4, -0.2) is 25.8 Å². The lowest BCUT2D eigenvalue weighted by Crippen LogP contribution is -2.28. The summed E-state index contributed by atoms with van der Waals surface area (Å²) < 4.78 is 6.48. The predicted octanol–water partition coefficient (Wildman–Crippen LogP) is 2.46. The van der Waals surface area contributed by atoms with Crippen LogP contribution < -0.4 is 10.9 Å². The molecule has 0 radical (unpaired) electrons. The highest BCUT2D eigenvalue weighted by Crippen LogP contribution is 2.16. The second-order valence-corrected chi connectivity index (χ2v) is 6.66. The van der Waals surface area contributed by atoms with Crippen molar-refractivity contribution in [2.24, 2.45) is 0 Å². The van der Waals surface area contributed by atoms with E-state index < -0.39 is 0 Å². The fourth-order valence-electron chi connectivity index (χ4n) is 2.90. The molecule has 4 aromatic rings. The first-order valence-corrected chi connectivity index (χ1v) is 9.21. The van der Waals surface area contributed by atoms with Crippen molar-refractivity contribution in [2.75, 3.05) is 0 Å². The molecule has 29 heavy (non-hydrogen) atoms. The molecule has 146 valence electrons. The first-order valence-electron chi connectivity index (χ1n) is 9.21. The van der Waals surface area contributed by atoms with Gasteiger partial charge in [0.05, 0.1) is 24.7 Å². The Morgan fingerprint density at radius 1 is 1.14 bits per heavy atom. The van der Waals surface area contributed by atoms with Gasteiger partial charge in [-0.05, 0) is 13.0 Å². The fourth-order valence-corrected chi connectivity index (χ4v) is 2.90. The Morgan fingerprint density at radius 3 is 2.76 bits per heavy atom. The van der Waals surface area contributed by atoms with E-state index in [0.29, 0.717) is 17.1 Å². The number of aromatic nitrogens is 4. The Balaban J connectivity index is 1.33. The fraction of sp³-hybridized carbons (Fsp3) is 0.190. The molecule has 0 spiro atoms. The van der Waals surface area contributed by atoms with Crippen molar-refractivity contribution in [3.05, 3.63) is 76.5 Å². The molecule has 0 atom stereocenters. The number of hydrogen-bond acceptors (Lipinski definition) is 6. The van der Waals surface area contributed by atoms with E-state index in [0.717, 1.165) is 16.5 Å². The number of carbonyl (C=O) groups excluding carboxylic acids is 1. The zero-order valence-electron chi connectivity index (χ0n) is 15.8. The SMILES string of the molecule is Cc1ccc(-c2noc(CNC(=O)CCn3ncc4ccccc4c3=O)n2)cc1. The van der Waals surface area contributed by atoms with Gasteiger partial charge in [0.15, 0.2) is 0 Å². The average Bonchev–Trinajstić information content (AvgIpc) is 3.21. The largest absolute Gasteiger partial charge is 0.347 e. The molecule has 2 aromatic carbocycles. The number of benzene rings is 2. The van der Waals surface area contributed by atoms with Crippen LogP contribution in [-0.2, 0) is 17.9 Å². The van der Waals surface area contributed by atoms with Crippen molar-refractivity contribution in [3.8, 4) is 11.4 Å². The van der Waals surface area contributed by atoms with Gasteiger partial charge in [-0.2, -0.15) is 10.1 Å². The Bertz CT molecular complexity index is 1210. The molecule has 2 heterocycles. The number of fused-ring (bicyclic) bond motifs is 1. The summed E-state index contributed by atoms with van der Waals surface area (Å²) in [5.74, 6) is 0.554. The zero-order chi connectivity index (χ0) is 20.2. The molecule has 8 heteroatoms. The van der Waals surface area contributed by atoms with Crippen LogP contribution in [0.4, 0.5) is 0 Å². The Labute approximate surface area is 166 Å². The number of carbonyl (C=O) groups is 1. The van der Waals surface area contributed by atoms with Crippen LogP contribution in [0.2, 0.25) is 0 Å². The third-order valence-electron chi connectivity index (χ3n) is 4.53. The maximum Gasteiger partial charge on any atom is 0.274 e. The van der Waals surface area contributed by atoms with E-state index in [9.17, 15) is 9.59 Å². The van der Waals surface area contributed by atoms with Crippen LogP contribution in [0.3, 0.4) is 0 Å². The van der Waals surface area contributed by atoms with Crippen molar-refractivity contribution in [3.63, 3.8) is 0 Å². The lowest BCUT2D eigenvalue weighted by atomic mass is 10.1. The van der Waals surface area contributed by atoms with Gasteiger partial charge in [0.25, 0.3) is 5.56 Å². The van der Waals surface area contributed by atoms with Gasteiger partial charge in [-0.3, -0.25) is 9.59 Å². The number of amides is 1. The van der Waals surface area contributed by atoms with Crippen LogP contribution in [0, 0.1) is 6.92 Å². The van der Waals surface area contributed by atoms with Crippen molar-refractivity contribution in [1.82, 2.24) is 25.2 Å². The summed E-state index contributed by atoms with van der Waals surface area (Å²) in [6.07, 6.45) is 1.74. The molecule has 0 aliphatic carbocycles. The molecule has 0 fully saturated rings. The third kappa shape index (κ3) is 4.21. The van der Waals surface area contributed by atoms with Crippen molar-refractivity contribution < 1.29 is 9.32 Å². The van der Waals surface area contributed by atoms with Gasteiger partial charge in [-0.15, -0.1) is 0 Å². The molecular weight excluding hydrogens is 370 g/mol. The van der Waals surface area contributed by atoms with Gasteiger partial charge in [0.1, 0.15) is 0 Å². The van der Waals surface area contributed by atoms with Crippen LogP contribution >= 0.6 is 0 Å². The Hall–Kier alpha value is -3.81. The van der Waals surface area contributed by atoms with Gasteiger partial charge >= 0.3 is 0 Å². The van der Waals surface area contributed by atoms with E-state index in [1.165, 1.54) is 4.68 Å². The van der Waals surface area contributed by atoms with E-state index in [4.69, 9.17) is 4.52 Å². The molecule has 1 N–H and O–H groups in total. The average molecular weight is 389 g/mol. The minimum absolute atomic E-state index is 0.115. The number of aryl methyl sites for hydroxylation is 2. The number of nitrogens with one attached hydrogen (secondary N) is 1. The van der Waals surface area contributed by atoms with E-state index in [1.807, 2.05) is 43.3 Å². The monoisotopic (exact) mass is 389 g/mol. The molecule has 8 nitrogen and oxygen atoms in total. The van der Waals surface area contributed by atoms with E-state index in [2.05, 4.69) is 20.6 Å². The number of hydrogen-bond donors (Lipinski definition) is 1. The molecular formula is C21H19N5O3. The topological polar surface area (TPSA) is 103 Å². The van der Waals surface area contributed by atoms with Crippen molar-refractivity contribution in [1.29, 1.82) is 0 Å². The predicted molar refractivity (Wildman–Crippen MR) is 107 cm³/mol. The molecule has 0 saturated heterocycles. The molecule has 0 unspecified atom stereocenters. The summed E-state index contributed by atoms with van der Waals surface area (Å²) in [7, 11) is 0. The molecule has 0 aliphatic rings. The molecule has 1 amide bonds. The quantitative estimate of drug-likeness (QED) is 0.543. The van der Waals surface area contributed by atoms with Gasteiger partial charge in [-0.1, -0.05) is 53.2 Å². The molecule has 0 bridgehead atoms. The lowest BCUT2D eigenvalue weighted by molar-refractivity contribution is -0.121. The highest BCUT2D eigenvalue weighted by atomic mass is 16.5. The first-order chi connectivity index (χ1) is 14.1. The molecule has 0 aliphatic heterocycles. The summed E-state index contributed by atoms with van der Waals surface area (Å²) in [6.45, 7) is 2.31.